The molecule has 7 nitrogen and oxygen atoms in total. The van der Waals surface area contributed by atoms with Crippen molar-refractivity contribution in [1.29, 1.82) is 0 Å². The third-order valence-corrected chi connectivity index (χ3v) is 6.74. The Hall–Kier alpha value is -4.57. The average Bonchev–Trinajstić information content (AvgIpc) is 3.65. The molecule has 6 rings (SSSR count). The number of rotatable bonds is 3. The van der Waals surface area contributed by atoms with Crippen molar-refractivity contribution < 1.29 is 4.79 Å². The van der Waals surface area contributed by atoms with Crippen LogP contribution < -0.4 is 0 Å². The highest BCUT2D eigenvalue weighted by Crippen LogP contribution is 2.29. The minimum Gasteiger partial charge on any atom is -0.297 e. The Morgan fingerprint density at radius 3 is 2.23 bits per heavy atom. The third kappa shape index (κ3) is 4.34. The van der Waals surface area contributed by atoms with Crippen LogP contribution in [0.3, 0.4) is 0 Å². The molecular weight excluding hydrogens is 476 g/mol. The van der Waals surface area contributed by atoms with Crippen LogP contribution in [0, 0.1) is 13.1 Å². The zero-order valence-electron chi connectivity index (χ0n) is 18.4. The Labute approximate surface area is 208 Å². The quantitative estimate of drug-likeness (QED) is 0.191. The smallest absolute Gasteiger partial charge is 0.194 e. The van der Waals surface area contributed by atoms with Crippen molar-refractivity contribution in [3.05, 3.63) is 106 Å². The maximum absolute atomic E-state index is 11.9. The predicted molar refractivity (Wildman–Crippen MR) is 140 cm³/mol. The number of fused-ring (bicyclic) bond motifs is 2. The summed E-state index contributed by atoms with van der Waals surface area (Å²) in [5.41, 5.74) is 5.11. The molecule has 168 valence electrons. The molecule has 0 N–H and O–H groups in total. The topological polar surface area (TPSA) is 60.4 Å². The van der Waals surface area contributed by atoms with E-state index in [-0.39, 0.29) is 5.78 Å². The molecule has 2 aromatic carbocycles. The van der Waals surface area contributed by atoms with Gasteiger partial charge in [0.1, 0.15) is 5.69 Å². The summed E-state index contributed by atoms with van der Waals surface area (Å²) in [6.45, 7) is 15.6. The number of Topliss-reactive ketones (excluding diaryl/α,β-unsaturated/α-hetero) is 1. The summed E-state index contributed by atoms with van der Waals surface area (Å²) in [7, 11) is 0. The largest absolute Gasteiger partial charge is 0.297 e. The van der Waals surface area contributed by atoms with Crippen molar-refractivity contribution in [3.8, 4) is 22.5 Å². The van der Waals surface area contributed by atoms with Gasteiger partial charge in [-0.05, 0) is 23.3 Å². The maximum Gasteiger partial charge on any atom is 0.194 e. The van der Waals surface area contributed by atoms with Crippen LogP contribution in [0.5, 0.6) is 0 Å². The van der Waals surface area contributed by atoms with Crippen LogP contribution in [-0.2, 0) is 0 Å². The first-order chi connectivity index (χ1) is 17.1. The van der Waals surface area contributed by atoms with E-state index in [1.54, 1.807) is 40.0 Å². The molecule has 0 amide bonds. The van der Waals surface area contributed by atoms with Crippen molar-refractivity contribution in [1.82, 2.24) is 18.8 Å². The summed E-state index contributed by atoms with van der Waals surface area (Å²) in [6, 6.07) is 14.7. The van der Waals surface area contributed by atoms with E-state index >= 15 is 0 Å². The van der Waals surface area contributed by atoms with E-state index in [9.17, 15) is 4.79 Å². The van der Waals surface area contributed by atoms with Crippen LogP contribution >= 0.6 is 22.7 Å². The molecule has 6 aromatic rings. The fourth-order valence-electron chi connectivity index (χ4n) is 3.65. The number of thiazole rings is 2. The number of carbonyl (C=O) groups is 1. The number of aromatic nitrogens is 4. The van der Waals surface area contributed by atoms with Gasteiger partial charge in [0, 0.05) is 36.3 Å². The first-order valence-corrected chi connectivity index (χ1v) is 12.2. The lowest BCUT2D eigenvalue weighted by Gasteiger charge is -2.01. The summed E-state index contributed by atoms with van der Waals surface area (Å²) in [4.78, 5) is 29.4. The zero-order chi connectivity index (χ0) is 24.4. The highest BCUT2D eigenvalue weighted by molar-refractivity contribution is 7.15. The Kier molecular flexibility index (Phi) is 5.94. The number of hydrogen-bond donors (Lipinski definition) is 0. The summed E-state index contributed by atoms with van der Waals surface area (Å²) < 4.78 is 3.79. The molecule has 0 aliphatic heterocycles. The van der Waals surface area contributed by atoms with Crippen LogP contribution in [-0.4, -0.2) is 24.6 Å². The first kappa shape index (κ1) is 22.2. The van der Waals surface area contributed by atoms with E-state index in [1.807, 2.05) is 58.0 Å². The molecule has 0 bridgehead atoms. The van der Waals surface area contributed by atoms with Crippen molar-refractivity contribution in [2.45, 2.75) is 6.92 Å². The second kappa shape index (κ2) is 9.35. The SMILES string of the molecule is [C-]#[N+]c1cccc(-c2cn3ccsc3n2)c1.[C-]#[N+]c1cccc(-c2nc3sccn3c2C(C)=O)c1. The highest BCUT2D eigenvalue weighted by Gasteiger charge is 2.18. The van der Waals surface area contributed by atoms with Gasteiger partial charge in [-0.3, -0.25) is 13.6 Å². The van der Waals surface area contributed by atoms with E-state index in [2.05, 4.69) is 19.7 Å². The number of benzene rings is 2. The molecule has 4 heterocycles. The molecule has 0 saturated heterocycles. The molecule has 0 fully saturated rings. The highest BCUT2D eigenvalue weighted by atomic mass is 32.1. The van der Waals surface area contributed by atoms with Crippen LogP contribution in [0.4, 0.5) is 11.4 Å². The lowest BCUT2D eigenvalue weighted by Crippen LogP contribution is -1.99. The van der Waals surface area contributed by atoms with Gasteiger partial charge in [-0.25, -0.2) is 19.7 Å². The summed E-state index contributed by atoms with van der Waals surface area (Å²) in [5, 5.41) is 3.90. The van der Waals surface area contributed by atoms with Crippen LogP contribution in [0.25, 0.3) is 42.1 Å². The Morgan fingerprint density at radius 1 is 0.886 bits per heavy atom. The molecule has 0 aliphatic rings. The Morgan fingerprint density at radius 2 is 1.54 bits per heavy atom. The van der Waals surface area contributed by atoms with Gasteiger partial charge in [0.2, 0.25) is 0 Å². The zero-order valence-corrected chi connectivity index (χ0v) is 20.0. The van der Waals surface area contributed by atoms with Crippen molar-refractivity contribution in [2.24, 2.45) is 0 Å². The average molecular weight is 493 g/mol. The van der Waals surface area contributed by atoms with E-state index in [4.69, 9.17) is 13.1 Å². The minimum absolute atomic E-state index is 0.0332. The van der Waals surface area contributed by atoms with E-state index in [0.29, 0.717) is 22.8 Å². The molecule has 35 heavy (non-hydrogen) atoms. The second-order valence-corrected chi connectivity index (χ2v) is 9.21. The number of nitrogens with zero attached hydrogens (tertiary/aromatic N) is 6. The second-order valence-electron chi connectivity index (χ2n) is 7.46. The third-order valence-electron chi connectivity index (χ3n) is 5.21. The van der Waals surface area contributed by atoms with Gasteiger partial charge in [0.05, 0.1) is 24.5 Å². The summed E-state index contributed by atoms with van der Waals surface area (Å²) in [5.74, 6) is -0.0332. The lowest BCUT2D eigenvalue weighted by molar-refractivity contribution is 0.101. The minimum atomic E-state index is -0.0332. The summed E-state index contributed by atoms with van der Waals surface area (Å²) in [6.07, 6.45) is 5.80. The van der Waals surface area contributed by atoms with Crippen LogP contribution in [0.1, 0.15) is 17.4 Å². The molecule has 0 aliphatic carbocycles. The standard InChI is InChI=1S/C14H9N3OS.C12H7N3S/c1-9(18)13-12(16-14-17(13)6-7-19-14)10-4-3-5-11(8-10)15-2;1-13-10-4-2-3-9(7-10)11-8-15-5-6-16-12(15)14-11/h3-8H,1H3;2-8H. The molecule has 0 atom stereocenters. The molecule has 0 unspecified atom stereocenters. The van der Waals surface area contributed by atoms with Gasteiger partial charge in [-0.1, -0.05) is 36.4 Å². The van der Waals surface area contributed by atoms with Gasteiger partial charge in [0.25, 0.3) is 0 Å². The lowest BCUT2D eigenvalue weighted by atomic mass is 10.1. The fraction of sp³-hybridized carbons (Fsp3) is 0.0385. The maximum atomic E-state index is 11.9. The Balaban J connectivity index is 0.000000147. The van der Waals surface area contributed by atoms with E-state index in [1.165, 1.54) is 18.3 Å². The fourth-order valence-corrected chi connectivity index (χ4v) is 5.06. The molecule has 0 saturated carbocycles. The molecule has 9 heteroatoms. The molecule has 0 radical (unpaired) electrons. The normalized spacial score (nSPS) is 10.5. The van der Waals surface area contributed by atoms with E-state index < -0.39 is 0 Å². The van der Waals surface area contributed by atoms with Gasteiger partial charge in [0.15, 0.2) is 27.1 Å². The van der Waals surface area contributed by atoms with E-state index in [0.717, 1.165) is 26.7 Å². The van der Waals surface area contributed by atoms with Crippen molar-refractivity contribution in [3.63, 3.8) is 0 Å². The molecular formula is C26H16N6OS2. The monoisotopic (exact) mass is 492 g/mol. The molecule has 4 aromatic heterocycles. The van der Waals surface area contributed by atoms with Crippen molar-refractivity contribution in [2.75, 3.05) is 0 Å². The van der Waals surface area contributed by atoms with Gasteiger partial charge in [-0.15, -0.1) is 22.7 Å². The first-order valence-electron chi connectivity index (χ1n) is 10.4. The number of hydrogen-bond acceptors (Lipinski definition) is 5. The Bertz CT molecular complexity index is 1740. The van der Waals surface area contributed by atoms with Crippen molar-refractivity contribution >= 4 is 49.8 Å². The van der Waals surface area contributed by atoms with Gasteiger partial charge >= 0.3 is 0 Å². The summed E-state index contributed by atoms with van der Waals surface area (Å²) >= 11 is 3.09. The molecule has 0 spiro atoms. The number of ketones is 1. The number of carbonyl (C=O) groups excluding carboxylic acids is 1. The van der Waals surface area contributed by atoms with Crippen LogP contribution in [0.2, 0.25) is 0 Å². The van der Waals surface area contributed by atoms with Gasteiger partial charge in [-0.2, -0.15) is 0 Å². The predicted octanol–water partition coefficient (Wildman–Crippen LogP) is 7.43. The van der Waals surface area contributed by atoms with Gasteiger partial charge < -0.3 is 0 Å². The number of imidazole rings is 2. The van der Waals surface area contributed by atoms with Crippen LogP contribution in [0.15, 0.2) is 77.9 Å².